The highest BCUT2D eigenvalue weighted by atomic mass is 127. The summed E-state index contributed by atoms with van der Waals surface area (Å²) in [6.07, 6.45) is 0. The Morgan fingerprint density at radius 3 is 2.85 bits per heavy atom. The third-order valence-corrected chi connectivity index (χ3v) is 2.31. The molecule has 1 heterocycles. The van der Waals surface area contributed by atoms with E-state index in [9.17, 15) is 0 Å². The molecule has 0 aliphatic heterocycles. The number of hydrogen-bond acceptors (Lipinski definition) is 3. The lowest BCUT2D eigenvalue weighted by Gasteiger charge is -2.06. The van der Waals surface area contributed by atoms with Gasteiger partial charge in [0.25, 0.3) is 0 Å². The molecule has 0 fully saturated rings. The van der Waals surface area contributed by atoms with E-state index >= 15 is 0 Å². The van der Waals surface area contributed by atoms with E-state index in [2.05, 4.69) is 27.6 Å². The molecule has 0 radical (unpaired) electrons. The first kappa shape index (κ1) is 11.0. The number of pyridine rings is 1. The topological polar surface area (TPSA) is 31.4 Å². The summed E-state index contributed by atoms with van der Waals surface area (Å²) in [7, 11) is 1.63. The highest BCUT2D eigenvalue weighted by Gasteiger charge is 2.02. The maximum Gasteiger partial charge on any atom is 0.151 e. The van der Waals surface area contributed by atoms with Crippen LogP contribution in [-0.4, -0.2) is 25.3 Å². The summed E-state index contributed by atoms with van der Waals surface area (Å²) in [5.41, 5.74) is 0. The van der Waals surface area contributed by atoms with Gasteiger partial charge in [-0.15, -0.1) is 0 Å². The Labute approximate surface area is 95.5 Å². The predicted octanol–water partition coefficient (Wildman–Crippen LogP) is 2.36. The van der Waals surface area contributed by atoms with Gasteiger partial charge in [-0.2, -0.15) is 0 Å². The highest BCUT2D eigenvalue weighted by molar-refractivity contribution is 14.1. The van der Waals surface area contributed by atoms with Crippen molar-refractivity contribution in [1.82, 2.24) is 4.98 Å². The lowest BCUT2D eigenvalue weighted by Crippen LogP contribution is -2.05. The van der Waals surface area contributed by atoms with Gasteiger partial charge >= 0.3 is 0 Å². The van der Waals surface area contributed by atoms with Crippen molar-refractivity contribution >= 4 is 34.2 Å². The molecule has 0 aliphatic rings. The monoisotopic (exact) mass is 313 g/mol. The van der Waals surface area contributed by atoms with Crippen molar-refractivity contribution in [3.05, 3.63) is 21.0 Å². The van der Waals surface area contributed by atoms with Crippen LogP contribution in [0.4, 0.5) is 0 Å². The van der Waals surface area contributed by atoms with Crippen LogP contribution in [0.5, 0.6) is 5.75 Å². The standard InChI is InChI=1S/C8H9ClINO2/c1-12-4-5-13-6-2-3-7(9)11-8(6)10/h2-3H,4-5H2,1H3. The number of nitrogens with zero attached hydrogens (tertiary/aromatic N) is 1. The molecule has 0 atom stereocenters. The highest BCUT2D eigenvalue weighted by Crippen LogP contribution is 2.20. The van der Waals surface area contributed by atoms with Crippen LogP contribution >= 0.6 is 34.2 Å². The fraction of sp³-hybridized carbons (Fsp3) is 0.375. The Kier molecular flexibility index (Phi) is 4.76. The second-order valence-corrected chi connectivity index (χ2v) is 3.67. The first-order valence-electron chi connectivity index (χ1n) is 3.68. The average molecular weight is 314 g/mol. The van der Waals surface area contributed by atoms with Gasteiger partial charge < -0.3 is 9.47 Å². The average Bonchev–Trinajstić information content (AvgIpc) is 2.09. The molecule has 1 aromatic heterocycles. The van der Waals surface area contributed by atoms with Crippen LogP contribution in [-0.2, 0) is 4.74 Å². The van der Waals surface area contributed by atoms with E-state index in [1.807, 2.05) is 0 Å². The number of methoxy groups -OCH3 is 1. The number of hydrogen-bond donors (Lipinski definition) is 0. The van der Waals surface area contributed by atoms with Gasteiger partial charge in [0, 0.05) is 7.11 Å². The molecule has 0 N–H and O–H groups in total. The van der Waals surface area contributed by atoms with E-state index in [0.29, 0.717) is 18.4 Å². The van der Waals surface area contributed by atoms with Crippen LogP contribution in [0.25, 0.3) is 0 Å². The maximum absolute atomic E-state index is 5.68. The molecule has 0 amide bonds. The Bertz CT molecular complexity index is 283. The minimum absolute atomic E-state index is 0.475. The lowest BCUT2D eigenvalue weighted by atomic mass is 10.5. The van der Waals surface area contributed by atoms with Gasteiger partial charge in [-0.05, 0) is 34.7 Å². The first-order valence-corrected chi connectivity index (χ1v) is 5.13. The van der Waals surface area contributed by atoms with E-state index in [-0.39, 0.29) is 0 Å². The molecule has 0 unspecified atom stereocenters. The molecule has 1 aromatic rings. The molecule has 5 heteroatoms. The second-order valence-electron chi connectivity index (χ2n) is 2.26. The molecular formula is C8H9ClINO2. The van der Waals surface area contributed by atoms with E-state index in [0.717, 1.165) is 9.45 Å². The largest absolute Gasteiger partial charge is 0.488 e. The number of aromatic nitrogens is 1. The molecule has 0 spiro atoms. The van der Waals surface area contributed by atoms with Crippen LogP contribution < -0.4 is 4.74 Å². The van der Waals surface area contributed by atoms with Crippen LogP contribution in [0.3, 0.4) is 0 Å². The number of ether oxygens (including phenoxy) is 2. The summed E-state index contributed by atoms with van der Waals surface area (Å²) in [5.74, 6) is 0.738. The fourth-order valence-corrected chi connectivity index (χ4v) is 1.63. The zero-order chi connectivity index (χ0) is 9.68. The van der Waals surface area contributed by atoms with Crippen molar-refractivity contribution in [2.75, 3.05) is 20.3 Å². The molecule has 72 valence electrons. The van der Waals surface area contributed by atoms with E-state index in [1.54, 1.807) is 19.2 Å². The van der Waals surface area contributed by atoms with Crippen molar-refractivity contribution in [3.63, 3.8) is 0 Å². The van der Waals surface area contributed by atoms with Crippen molar-refractivity contribution in [3.8, 4) is 5.75 Å². The summed E-state index contributed by atoms with van der Waals surface area (Å²) in [4.78, 5) is 4.04. The summed E-state index contributed by atoms with van der Waals surface area (Å²) in [6, 6.07) is 3.50. The molecule has 0 aromatic carbocycles. The van der Waals surface area contributed by atoms with Gasteiger partial charge in [0.2, 0.25) is 0 Å². The number of halogens is 2. The van der Waals surface area contributed by atoms with Crippen molar-refractivity contribution in [1.29, 1.82) is 0 Å². The van der Waals surface area contributed by atoms with Crippen LogP contribution in [0.2, 0.25) is 5.15 Å². The van der Waals surface area contributed by atoms with Crippen molar-refractivity contribution in [2.45, 2.75) is 0 Å². The number of rotatable bonds is 4. The molecule has 0 aliphatic carbocycles. The van der Waals surface area contributed by atoms with E-state index < -0.39 is 0 Å². The molecule has 1 rings (SSSR count). The first-order chi connectivity index (χ1) is 6.24. The quantitative estimate of drug-likeness (QED) is 0.486. The van der Waals surface area contributed by atoms with Crippen LogP contribution in [0.1, 0.15) is 0 Å². The van der Waals surface area contributed by atoms with Crippen LogP contribution in [0.15, 0.2) is 12.1 Å². The van der Waals surface area contributed by atoms with Gasteiger partial charge in [0.15, 0.2) is 5.75 Å². The Balaban J connectivity index is 2.56. The molecule has 13 heavy (non-hydrogen) atoms. The summed E-state index contributed by atoms with van der Waals surface area (Å²) < 4.78 is 11.0. The summed E-state index contributed by atoms with van der Waals surface area (Å²) >= 11 is 7.76. The third-order valence-electron chi connectivity index (χ3n) is 1.33. The predicted molar refractivity (Wildman–Crippen MR) is 59.3 cm³/mol. The summed E-state index contributed by atoms with van der Waals surface area (Å²) in [5, 5.41) is 0.475. The van der Waals surface area contributed by atoms with Gasteiger partial charge in [0.1, 0.15) is 15.5 Å². The zero-order valence-electron chi connectivity index (χ0n) is 7.09. The van der Waals surface area contributed by atoms with Gasteiger partial charge in [0.05, 0.1) is 6.61 Å². The minimum atomic E-state index is 0.475. The zero-order valence-corrected chi connectivity index (χ0v) is 10.0. The molecule has 3 nitrogen and oxygen atoms in total. The molecule has 0 bridgehead atoms. The summed E-state index contributed by atoms with van der Waals surface area (Å²) in [6.45, 7) is 1.09. The lowest BCUT2D eigenvalue weighted by molar-refractivity contribution is 0.145. The minimum Gasteiger partial charge on any atom is -0.488 e. The fourth-order valence-electron chi connectivity index (χ4n) is 0.742. The smallest absolute Gasteiger partial charge is 0.151 e. The normalized spacial score (nSPS) is 10.1. The van der Waals surface area contributed by atoms with Crippen molar-refractivity contribution in [2.24, 2.45) is 0 Å². The van der Waals surface area contributed by atoms with Gasteiger partial charge in [-0.1, -0.05) is 11.6 Å². The molecule has 0 saturated carbocycles. The van der Waals surface area contributed by atoms with Crippen LogP contribution in [0, 0.1) is 3.70 Å². The molecular weight excluding hydrogens is 304 g/mol. The third kappa shape index (κ3) is 3.66. The maximum atomic E-state index is 5.68. The Hall–Kier alpha value is -0.0700. The second kappa shape index (κ2) is 5.62. The Morgan fingerprint density at radius 2 is 2.23 bits per heavy atom. The van der Waals surface area contributed by atoms with E-state index in [4.69, 9.17) is 21.1 Å². The molecule has 0 saturated heterocycles. The van der Waals surface area contributed by atoms with Gasteiger partial charge in [-0.25, -0.2) is 4.98 Å². The van der Waals surface area contributed by atoms with E-state index in [1.165, 1.54) is 0 Å². The van der Waals surface area contributed by atoms with Crippen molar-refractivity contribution < 1.29 is 9.47 Å². The Morgan fingerprint density at radius 1 is 1.46 bits per heavy atom. The van der Waals surface area contributed by atoms with Gasteiger partial charge in [-0.3, -0.25) is 0 Å². The SMILES string of the molecule is COCCOc1ccc(Cl)nc1I.